The van der Waals surface area contributed by atoms with Gasteiger partial charge in [0.2, 0.25) is 0 Å². The maximum atomic E-state index is 14.2. The van der Waals surface area contributed by atoms with Crippen LogP contribution in [0.3, 0.4) is 0 Å². The number of carbonyl (C=O) groups excluding carboxylic acids is 1. The Balaban J connectivity index is 1.54. The first-order valence-electron chi connectivity index (χ1n) is 13.6. The minimum Gasteiger partial charge on any atom is -0.497 e. The summed E-state index contributed by atoms with van der Waals surface area (Å²) in [5.41, 5.74) is 4.08. The summed E-state index contributed by atoms with van der Waals surface area (Å²) >= 11 is 14.0. The van der Waals surface area contributed by atoms with Gasteiger partial charge in [0.25, 0.3) is 5.56 Å². The van der Waals surface area contributed by atoms with Crippen LogP contribution in [-0.4, -0.2) is 28.8 Å². The first-order valence-corrected chi connectivity index (χ1v) is 15.2. The number of aromatic nitrogens is 2. The third-order valence-corrected chi connectivity index (χ3v) is 8.98. The molecule has 2 aromatic heterocycles. The first kappa shape index (κ1) is 29.0. The third-order valence-electron chi connectivity index (χ3n) is 7.41. The Labute approximate surface area is 261 Å². The van der Waals surface area contributed by atoms with E-state index in [0.717, 1.165) is 27.7 Å². The molecule has 0 fully saturated rings. The van der Waals surface area contributed by atoms with Crippen LogP contribution in [-0.2, 0) is 16.1 Å². The number of carbonyl (C=O) groups is 1. The smallest absolute Gasteiger partial charge is 0.338 e. The summed E-state index contributed by atoms with van der Waals surface area (Å²) < 4.78 is 14.9. The highest BCUT2D eigenvalue weighted by Gasteiger charge is 2.33. The molecule has 6 rings (SSSR count). The first-order chi connectivity index (χ1) is 20.8. The van der Waals surface area contributed by atoms with Crippen LogP contribution < -0.4 is 19.6 Å². The van der Waals surface area contributed by atoms with Crippen molar-refractivity contribution in [2.24, 2.45) is 4.99 Å². The molecule has 0 radical (unpaired) electrons. The molecule has 43 heavy (non-hydrogen) atoms. The van der Waals surface area contributed by atoms with Crippen LogP contribution >= 0.6 is 34.5 Å². The number of methoxy groups -OCH3 is 1. The summed E-state index contributed by atoms with van der Waals surface area (Å²) in [5.74, 6) is 0.169. The number of nitrogens with zero attached hydrogens (tertiary/aromatic N) is 3. The van der Waals surface area contributed by atoms with Gasteiger partial charge < -0.3 is 14.0 Å². The molecule has 0 bridgehead atoms. The second-order valence-electron chi connectivity index (χ2n) is 10.0. The highest BCUT2D eigenvalue weighted by atomic mass is 35.5. The molecule has 0 spiro atoms. The molecule has 1 aliphatic heterocycles. The van der Waals surface area contributed by atoms with E-state index in [1.54, 1.807) is 31.6 Å². The zero-order valence-corrected chi connectivity index (χ0v) is 26.0. The molecule has 0 aliphatic carbocycles. The summed E-state index contributed by atoms with van der Waals surface area (Å²) in [6.45, 7) is 4.21. The second-order valence-corrected chi connectivity index (χ2v) is 11.9. The van der Waals surface area contributed by atoms with Crippen molar-refractivity contribution in [3.8, 4) is 5.75 Å². The van der Waals surface area contributed by atoms with Crippen LogP contribution in [0, 0.1) is 0 Å². The van der Waals surface area contributed by atoms with E-state index in [0.29, 0.717) is 42.9 Å². The average molecular weight is 633 g/mol. The fourth-order valence-corrected chi connectivity index (χ4v) is 6.87. The van der Waals surface area contributed by atoms with E-state index >= 15 is 0 Å². The number of benzene rings is 3. The van der Waals surface area contributed by atoms with Gasteiger partial charge >= 0.3 is 5.97 Å². The molecular formula is C33H27Cl2N3O4S. The van der Waals surface area contributed by atoms with Gasteiger partial charge in [-0.2, -0.15) is 0 Å². The van der Waals surface area contributed by atoms with Crippen molar-refractivity contribution in [2.45, 2.75) is 26.4 Å². The molecule has 0 amide bonds. The van der Waals surface area contributed by atoms with Gasteiger partial charge in [-0.3, -0.25) is 9.36 Å². The fourth-order valence-electron chi connectivity index (χ4n) is 5.38. The number of fused-ring (bicyclic) bond motifs is 2. The number of thiazole rings is 1. The summed E-state index contributed by atoms with van der Waals surface area (Å²) in [6, 6.07) is 22.2. The molecule has 10 heteroatoms. The van der Waals surface area contributed by atoms with E-state index in [1.165, 1.54) is 11.3 Å². The lowest BCUT2D eigenvalue weighted by Crippen LogP contribution is -2.40. The van der Waals surface area contributed by atoms with E-state index in [9.17, 15) is 9.59 Å². The number of allylic oxidation sites excluding steroid dienone is 1. The lowest BCUT2D eigenvalue weighted by Gasteiger charge is -2.24. The summed E-state index contributed by atoms with van der Waals surface area (Å²) in [6.07, 6.45) is 1.88. The van der Waals surface area contributed by atoms with E-state index in [2.05, 4.69) is 4.57 Å². The minimum absolute atomic E-state index is 0.206. The third kappa shape index (κ3) is 5.42. The van der Waals surface area contributed by atoms with Crippen molar-refractivity contribution < 1.29 is 14.3 Å². The number of hydrogen-bond acceptors (Lipinski definition) is 6. The van der Waals surface area contributed by atoms with E-state index in [-0.39, 0.29) is 12.2 Å². The number of para-hydroxylation sites is 1. The van der Waals surface area contributed by atoms with Gasteiger partial charge in [0.05, 0.1) is 35.6 Å². The van der Waals surface area contributed by atoms with E-state index in [4.69, 9.17) is 37.7 Å². The maximum Gasteiger partial charge on any atom is 0.338 e. The monoisotopic (exact) mass is 631 g/mol. The molecule has 1 atom stereocenters. The number of ether oxygens (including phenoxy) is 2. The van der Waals surface area contributed by atoms with Crippen LogP contribution in [0.1, 0.15) is 36.7 Å². The Bertz CT molecular complexity index is 2090. The quantitative estimate of drug-likeness (QED) is 0.203. The molecule has 218 valence electrons. The van der Waals surface area contributed by atoms with Crippen molar-refractivity contribution in [3.05, 3.63) is 131 Å². The fraction of sp³-hybridized carbons (Fsp3) is 0.182. The van der Waals surface area contributed by atoms with Gasteiger partial charge in [0, 0.05) is 33.2 Å². The molecule has 0 N–H and O–H groups in total. The minimum atomic E-state index is -0.706. The lowest BCUT2D eigenvalue weighted by molar-refractivity contribution is -0.139. The van der Waals surface area contributed by atoms with Crippen LogP contribution in [0.15, 0.2) is 93.9 Å². The van der Waals surface area contributed by atoms with Gasteiger partial charge in [0.15, 0.2) is 4.80 Å². The Morgan fingerprint density at radius 3 is 2.56 bits per heavy atom. The number of rotatable bonds is 7. The number of hydrogen-bond donors (Lipinski definition) is 0. The van der Waals surface area contributed by atoms with Crippen molar-refractivity contribution in [1.29, 1.82) is 0 Å². The average Bonchev–Trinajstić information content (AvgIpc) is 3.49. The van der Waals surface area contributed by atoms with Crippen LogP contribution in [0.2, 0.25) is 10.0 Å². The normalized spacial score (nSPS) is 15.0. The second kappa shape index (κ2) is 11.9. The molecular weight excluding hydrogens is 605 g/mol. The predicted molar refractivity (Wildman–Crippen MR) is 171 cm³/mol. The number of halogens is 2. The van der Waals surface area contributed by atoms with Gasteiger partial charge in [-0.1, -0.05) is 70.9 Å². The van der Waals surface area contributed by atoms with Gasteiger partial charge in [0.1, 0.15) is 5.75 Å². The molecule has 0 unspecified atom stereocenters. The van der Waals surface area contributed by atoms with Gasteiger partial charge in [-0.05, 0) is 67.4 Å². The molecule has 3 aromatic carbocycles. The van der Waals surface area contributed by atoms with Crippen LogP contribution in [0.25, 0.3) is 17.0 Å². The van der Waals surface area contributed by atoms with Crippen LogP contribution in [0.5, 0.6) is 5.75 Å². The standard InChI is InChI=1S/C33H27Cl2N3O4S/c1-4-42-32(40)29-19(2)36-33-38(30(29)20-10-13-25(41-3)14-11-20)31(39)28(43-33)17-24-15-21-7-5-6-8-27(21)37(24)18-22-9-12-23(34)16-26(22)35/h5-17,30H,4,18H2,1-3H3/b28-17+/t30-/m1/s1. The Morgan fingerprint density at radius 1 is 1.07 bits per heavy atom. The zero-order valence-electron chi connectivity index (χ0n) is 23.6. The largest absolute Gasteiger partial charge is 0.497 e. The molecule has 7 nitrogen and oxygen atoms in total. The molecule has 0 saturated carbocycles. The van der Waals surface area contributed by atoms with Gasteiger partial charge in [-0.25, -0.2) is 9.79 Å². The molecule has 5 aromatic rings. The zero-order chi connectivity index (χ0) is 30.2. The summed E-state index contributed by atoms with van der Waals surface area (Å²) in [7, 11) is 1.59. The highest BCUT2D eigenvalue weighted by molar-refractivity contribution is 7.07. The lowest BCUT2D eigenvalue weighted by atomic mass is 9.96. The van der Waals surface area contributed by atoms with E-state index < -0.39 is 12.0 Å². The SMILES string of the molecule is CCOC(=O)C1=C(C)N=c2s/c(=C/c3cc4ccccc4n3Cc3ccc(Cl)cc3Cl)c(=O)n2[C@@H]1c1ccc(OC)cc1. The summed E-state index contributed by atoms with van der Waals surface area (Å²) in [5, 5.41) is 2.16. The Kier molecular flexibility index (Phi) is 8.01. The highest BCUT2D eigenvalue weighted by Crippen LogP contribution is 2.32. The van der Waals surface area contributed by atoms with E-state index in [1.807, 2.05) is 72.8 Å². The number of esters is 1. The molecule has 1 aliphatic rings. The Hall–Kier alpha value is -4.11. The van der Waals surface area contributed by atoms with Crippen molar-refractivity contribution in [2.75, 3.05) is 13.7 Å². The predicted octanol–water partition coefficient (Wildman–Crippen LogP) is 6.12. The van der Waals surface area contributed by atoms with Crippen molar-refractivity contribution >= 4 is 57.5 Å². The van der Waals surface area contributed by atoms with Crippen molar-refractivity contribution in [1.82, 2.24) is 9.13 Å². The maximum absolute atomic E-state index is 14.2. The molecule has 0 saturated heterocycles. The topological polar surface area (TPSA) is 74.8 Å². The van der Waals surface area contributed by atoms with Crippen molar-refractivity contribution in [3.63, 3.8) is 0 Å². The van der Waals surface area contributed by atoms with Crippen LogP contribution in [0.4, 0.5) is 0 Å². The summed E-state index contributed by atoms with van der Waals surface area (Å²) in [4.78, 5) is 32.6. The Morgan fingerprint density at radius 2 is 1.84 bits per heavy atom. The molecule has 3 heterocycles. The van der Waals surface area contributed by atoms with Gasteiger partial charge in [-0.15, -0.1) is 0 Å².